The molecule has 0 aliphatic carbocycles. The third kappa shape index (κ3) is 4.93. The van der Waals surface area contributed by atoms with Gasteiger partial charge in [0.25, 0.3) is 0 Å². The van der Waals surface area contributed by atoms with Crippen LogP contribution in [-0.4, -0.2) is 33.3 Å². The second-order valence-corrected chi connectivity index (χ2v) is 7.04. The van der Waals surface area contributed by atoms with Crippen molar-refractivity contribution in [3.8, 4) is 17.2 Å². The molecule has 0 radical (unpaired) electrons. The Hall–Kier alpha value is -2.48. The second kappa shape index (κ2) is 9.82. The minimum Gasteiger partial charge on any atom is -0.497 e. The molecular weight excluding hydrogens is 394 g/mol. The van der Waals surface area contributed by atoms with Crippen molar-refractivity contribution >= 4 is 17.5 Å². The van der Waals surface area contributed by atoms with E-state index in [0.717, 1.165) is 11.1 Å². The summed E-state index contributed by atoms with van der Waals surface area (Å²) in [7, 11) is 3.20. The van der Waals surface area contributed by atoms with Crippen LogP contribution >= 0.6 is 11.6 Å². The average molecular weight is 420 g/mol. The molecule has 1 fully saturated rings. The minimum absolute atomic E-state index is 0.0672. The molecule has 2 aromatic rings. The SMILES string of the molecule is CCOc1ccc(C2NNCC2C(=O)NCc2cc(OC)ccc2OC)cc1Cl. The van der Waals surface area contributed by atoms with Gasteiger partial charge in [-0.3, -0.25) is 10.2 Å². The zero-order valence-corrected chi connectivity index (χ0v) is 17.5. The van der Waals surface area contributed by atoms with Crippen molar-refractivity contribution in [2.24, 2.45) is 5.92 Å². The molecule has 1 aliphatic heterocycles. The maximum Gasteiger partial charge on any atom is 0.226 e. The molecule has 156 valence electrons. The Morgan fingerprint density at radius 3 is 2.66 bits per heavy atom. The fourth-order valence-corrected chi connectivity index (χ4v) is 3.62. The molecule has 2 aromatic carbocycles. The number of methoxy groups -OCH3 is 2. The van der Waals surface area contributed by atoms with Crippen molar-refractivity contribution in [2.75, 3.05) is 27.4 Å². The number of carbonyl (C=O) groups is 1. The lowest BCUT2D eigenvalue weighted by Gasteiger charge is -2.20. The van der Waals surface area contributed by atoms with E-state index in [0.29, 0.717) is 42.0 Å². The molecule has 3 rings (SSSR count). The molecule has 0 spiro atoms. The molecule has 1 amide bonds. The molecule has 3 N–H and O–H groups in total. The van der Waals surface area contributed by atoms with Gasteiger partial charge >= 0.3 is 0 Å². The van der Waals surface area contributed by atoms with Gasteiger partial charge in [0.05, 0.1) is 37.8 Å². The van der Waals surface area contributed by atoms with E-state index in [-0.39, 0.29) is 17.9 Å². The van der Waals surface area contributed by atoms with Gasteiger partial charge in [0.1, 0.15) is 17.2 Å². The Labute approximate surface area is 175 Å². The summed E-state index contributed by atoms with van der Waals surface area (Å²) in [6, 6.07) is 10.9. The van der Waals surface area contributed by atoms with Crippen LogP contribution < -0.4 is 30.4 Å². The standard InChI is InChI=1S/C21H26ClN3O4/c1-4-29-19-7-5-13(10-17(19)22)20-16(12-24-25-20)21(26)23-11-14-9-15(27-2)6-8-18(14)28-3/h5-10,16,20,24-25H,4,11-12H2,1-3H3,(H,23,26). The number of ether oxygens (including phenoxy) is 3. The highest BCUT2D eigenvalue weighted by atomic mass is 35.5. The van der Waals surface area contributed by atoms with Crippen molar-refractivity contribution in [1.29, 1.82) is 0 Å². The topological polar surface area (TPSA) is 80.9 Å². The fraction of sp³-hybridized carbons (Fsp3) is 0.381. The fourth-order valence-electron chi connectivity index (χ4n) is 3.37. The first-order valence-corrected chi connectivity index (χ1v) is 9.84. The maximum atomic E-state index is 12.9. The zero-order valence-electron chi connectivity index (χ0n) is 16.8. The first kappa shape index (κ1) is 21.2. The summed E-state index contributed by atoms with van der Waals surface area (Å²) in [5.41, 5.74) is 8.00. The number of benzene rings is 2. The van der Waals surface area contributed by atoms with Crippen LogP contribution in [0, 0.1) is 5.92 Å². The molecule has 8 heteroatoms. The van der Waals surface area contributed by atoms with Crippen molar-refractivity contribution in [3.63, 3.8) is 0 Å². The van der Waals surface area contributed by atoms with E-state index in [4.69, 9.17) is 25.8 Å². The van der Waals surface area contributed by atoms with Gasteiger partial charge in [-0.25, -0.2) is 5.43 Å². The Kier molecular flexibility index (Phi) is 7.19. The van der Waals surface area contributed by atoms with E-state index in [1.54, 1.807) is 14.2 Å². The number of amides is 1. The Morgan fingerprint density at radius 1 is 1.17 bits per heavy atom. The molecule has 2 unspecified atom stereocenters. The molecular formula is C21H26ClN3O4. The van der Waals surface area contributed by atoms with Crippen LogP contribution in [0.3, 0.4) is 0 Å². The van der Waals surface area contributed by atoms with E-state index < -0.39 is 0 Å². The van der Waals surface area contributed by atoms with Crippen LogP contribution in [0.2, 0.25) is 5.02 Å². The molecule has 1 aliphatic rings. The van der Waals surface area contributed by atoms with Gasteiger partial charge in [0, 0.05) is 18.7 Å². The van der Waals surface area contributed by atoms with Crippen LogP contribution in [0.1, 0.15) is 24.1 Å². The maximum absolute atomic E-state index is 12.9. The van der Waals surface area contributed by atoms with E-state index in [1.807, 2.05) is 43.3 Å². The highest BCUT2D eigenvalue weighted by molar-refractivity contribution is 6.32. The van der Waals surface area contributed by atoms with E-state index in [1.165, 1.54) is 0 Å². The third-order valence-electron chi connectivity index (χ3n) is 4.87. The van der Waals surface area contributed by atoms with Crippen molar-refractivity contribution in [2.45, 2.75) is 19.5 Å². The van der Waals surface area contributed by atoms with E-state index >= 15 is 0 Å². The first-order chi connectivity index (χ1) is 14.1. The summed E-state index contributed by atoms with van der Waals surface area (Å²) in [6.45, 7) is 3.30. The van der Waals surface area contributed by atoms with Gasteiger partial charge in [0.15, 0.2) is 0 Å². The van der Waals surface area contributed by atoms with E-state index in [9.17, 15) is 4.79 Å². The van der Waals surface area contributed by atoms with Gasteiger partial charge in [-0.2, -0.15) is 0 Å². The summed E-state index contributed by atoms with van der Waals surface area (Å²) in [5, 5.41) is 3.53. The lowest BCUT2D eigenvalue weighted by atomic mass is 9.94. The number of nitrogens with one attached hydrogen (secondary N) is 3. The first-order valence-electron chi connectivity index (χ1n) is 9.46. The van der Waals surface area contributed by atoms with Gasteiger partial charge in [-0.1, -0.05) is 17.7 Å². The minimum atomic E-state index is -0.291. The van der Waals surface area contributed by atoms with Gasteiger partial charge < -0.3 is 19.5 Å². The summed E-state index contributed by atoms with van der Waals surface area (Å²) >= 11 is 6.32. The number of hydrogen-bond donors (Lipinski definition) is 3. The average Bonchev–Trinajstić information content (AvgIpc) is 3.23. The van der Waals surface area contributed by atoms with Crippen molar-refractivity contribution in [1.82, 2.24) is 16.2 Å². The molecule has 0 bridgehead atoms. The number of hydrogen-bond acceptors (Lipinski definition) is 6. The lowest BCUT2D eigenvalue weighted by Crippen LogP contribution is -2.34. The number of rotatable bonds is 8. The van der Waals surface area contributed by atoms with Crippen molar-refractivity contribution < 1.29 is 19.0 Å². The van der Waals surface area contributed by atoms with Gasteiger partial charge in [-0.05, 0) is 42.8 Å². The largest absolute Gasteiger partial charge is 0.497 e. The normalized spacial score (nSPS) is 18.3. The van der Waals surface area contributed by atoms with Gasteiger partial charge in [0.2, 0.25) is 5.91 Å². The predicted octanol–water partition coefficient (Wildman–Crippen LogP) is 2.84. The third-order valence-corrected chi connectivity index (χ3v) is 5.17. The Morgan fingerprint density at radius 2 is 1.97 bits per heavy atom. The number of hydrazine groups is 1. The smallest absolute Gasteiger partial charge is 0.226 e. The summed E-state index contributed by atoms with van der Waals surface area (Å²) < 4.78 is 16.1. The lowest BCUT2D eigenvalue weighted by molar-refractivity contribution is -0.125. The van der Waals surface area contributed by atoms with Crippen LogP contribution in [0.15, 0.2) is 36.4 Å². The van der Waals surface area contributed by atoms with Crippen molar-refractivity contribution in [3.05, 3.63) is 52.5 Å². The monoisotopic (exact) mass is 419 g/mol. The summed E-state index contributed by atoms with van der Waals surface area (Å²) in [6.07, 6.45) is 0. The predicted molar refractivity (Wildman–Crippen MR) is 111 cm³/mol. The van der Waals surface area contributed by atoms with Gasteiger partial charge in [-0.15, -0.1) is 0 Å². The number of carbonyl (C=O) groups excluding carboxylic acids is 1. The van der Waals surface area contributed by atoms with Crippen LogP contribution in [0.25, 0.3) is 0 Å². The highest BCUT2D eigenvalue weighted by Gasteiger charge is 2.34. The molecule has 29 heavy (non-hydrogen) atoms. The quantitative estimate of drug-likeness (QED) is 0.610. The molecule has 1 saturated heterocycles. The second-order valence-electron chi connectivity index (χ2n) is 6.63. The Balaban J connectivity index is 1.70. The van der Waals surface area contributed by atoms with Crippen LogP contribution in [0.5, 0.6) is 17.2 Å². The molecule has 7 nitrogen and oxygen atoms in total. The van der Waals surface area contributed by atoms with Crippen LogP contribution in [0.4, 0.5) is 0 Å². The highest BCUT2D eigenvalue weighted by Crippen LogP contribution is 2.32. The molecule has 1 heterocycles. The zero-order chi connectivity index (χ0) is 20.8. The summed E-state index contributed by atoms with van der Waals surface area (Å²) in [5.74, 6) is 1.68. The Bertz CT molecular complexity index is 862. The molecule has 0 saturated carbocycles. The number of halogens is 1. The summed E-state index contributed by atoms with van der Waals surface area (Å²) in [4.78, 5) is 12.9. The van der Waals surface area contributed by atoms with Crippen LogP contribution in [-0.2, 0) is 11.3 Å². The van der Waals surface area contributed by atoms with E-state index in [2.05, 4.69) is 16.2 Å². The molecule has 2 atom stereocenters. The molecule has 0 aromatic heterocycles.